The van der Waals surface area contributed by atoms with E-state index in [1.807, 2.05) is 53.4 Å². The number of nitrogens with two attached hydrogens (primary N) is 1. The summed E-state index contributed by atoms with van der Waals surface area (Å²) in [5, 5.41) is 0. The quantitative estimate of drug-likeness (QED) is 0.603. The van der Waals surface area contributed by atoms with Crippen LogP contribution < -0.4 is 15.4 Å². The van der Waals surface area contributed by atoms with Crippen molar-refractivity contribution in [2.75, 3.05) is 24.7 Å². The predicted octanol–water partition coefficient (Wildman–Crippen LogP) is 5.07. The summed E-state index contributed by atoms with van der Waals surface area (Å²) in [5.74, 6) is 1.46. The van der Waals surface area contributed by atoms with Crippen molar-refractivity contribution < 1.29 is 9.53 Å². The number of likely N-dealkylation sites (tertiary alicyclic amines) is 1. The molecule has 1 amide bonds. The number of nitrogens with zero attached hydrogens (tertiary/aromatic N) is 2. The van der Waals surface area contributed by atoms with Gasteiger partial charge in [-0.2, -0.15) is 0 Å². The Morgan fingerprint density at radius 2 is 1.75 bits per heavy atom. The zero-order chi connectivity index (χ0) is 21.2. The minimum atomic E-state index is 0. The Bertz CT molecular complexity index is 1100. The minimum absolute atomic E-state index is 0. The molecule has 0 atom stereocenters. The van der Waals surface area contributed by atoms with E-state index in [0.717, 1.165) is 48.6 Å². The Morgan fingerprint density at radius 1 is 0.969 bits per heavy atom. The molecule has 2 aliphatic heterocycles. The number of hydrogen-bond acceptors (Lipinski definition) is 4. The molecule has 0 aromatic heterocycles. The lowest BCUT2D eigenvalue weighted by Gasteiger charge is -2.32. The van der Waals surface area contributed by atoms with Crippen molar-refractivity contribution in [1.82, 2.24) is 4.90 Å². The Morgan fingerprint density at radius 3 is 2.56 bits per heavy atom. The summed E-state index contributed by atoms with van der Waals surface area (Å²) in [6.07, 6.45) is 1.96. The number of ether oxygens (including phenoxy) is 1. The van der Waals surface area contributed by atoms with Gasteiger partial charge in [-0.15, -0.1) is 12.4 Å². The van der Waals surface area contributed by atoms with Gasteiger partial charge in [0.25, 0.3) is 5.91 Å². The van der Waals surface area contributed by atoms with E-state index in [1.54, 1.807) is 0 Å². The van der Waals surface area contributed by atoms with Crippen LogP contribution in [0.15, 0.2) is 72.8 Å². The van der Waals surface area contributed by atoms with Gasteiger partial charge in [0.05, 0.1) is 5.69 Å². The standard InChI is InChI=1S/C26H27N3O2.ClH/c27-17-19-5-3-6-21(15-19)20-11-13-28(14-12-20)26(30)22-7-4-8-23(16-22)29-18-31-25-10-2-1-9-24(25)29;/h1-10,15-16,20H,11-14,17-18,27H2;1H. The van der Waals surface area contributed by atoms with Crippen LogP contribution in [0.1, 0.15) is 40.2 Å². The third-order valence-electron chi connectivity index (χ3n) is 6.35. The molecule has 2 aliphatic rings. The highest BCUT2D eigenvalue weighted by Gasteiger charge is 2.26. The van der Waals surface area contributed by atoms with Gasteiger partial charge < -0.3 is 20.3 Å². The lowest BCUT2D eigenvalue weighted by molar-refractivity contribution is 0.0713. The normalized spacial score (nSPS) is 15.7. The van der Waals surface area contributed by atoms with Crippen LogP contribution in [0.2, 0.25) is 0 Å². The van der Waals surface area contributed by atoms with Crippen LogP contribution in [-0.2, 0) is 6.54 Å². The van der Waals surface area contributed by atoms with Gasteiger partial charge in [0, 0.05) is 30.9 Å². The summed E-state index contributed by atoms with van der Waals surface area (Å²) >= 11 is 0. The molecule has 3 aromatic carbocycles. The smallest absolute Gasteiger partial charge is 0.253 e. The van der Waals surface area contributed by atoms with Crippen LogP contribution in [-0.4, -0.2) is 30.6 Å². The number of piperidine rings is 1. The third kappa shape index (κ3) is 4.31. The fourth-order valence-electron chi connectivity index (χ4n) is 4.60. The maximum Gasteiger partial charge on any atom is 0.253 e. The molecule has 2 N–H and O–H groups in total. The Balaban J connectivity index is 0.00000245. The van der Waals surface area contributed by atoms with Crippen molar-refractivity contribution in [3.05, 3.63) is 89.5 Å². The first-order valence-electron chi connectivity index (χ1n) is 10.9. The summed E-state index contributed by atoms with van der Waals surface area (Å²) in [6, 6.07) is 24.4. The first-order chi connectivity index (χ1) is 15.2. The van der Waals surface area contributed by atoms with E-state index in [0.29, 0.717) is 19.2 Å². The molecular weight excluding hydrogens is 422 g/mol. The molecular formula is C26H28ClN3O2. The Labute approximate surface area is 195 Å². The molecule has 0 bridgehead atoms. The second-order valence-corrected chi connectivity index (χ2v) is 8.24. The molecule has 0 unspecified atom stereocenters. The topological polar surface area (TPSA) is 58.8 Å². The van der Waals surface area contributed by atoms with Crippen molar-refractivity contribution in [2.45, 2.75) is 25.3 Å². The van der Waals surface area contributed by atoms with E-state index in [9.17, 15) is 4.79 Å². The van der Waals surface area contributed by atoms with Crippen LogP contribution >= 0.6 is 12.4 Å². The summed E-state index contributed by atoms with van der Waals surface area (Å²) < 4.78 is 5.78. The van der Waals surface area contributed by atoms with Crippen molar-refractivity contribution in [3.63, 3.8) is 0 Å². The average molecular weight is 450 g/mol. The second-order valence-electron chi connectivity index (χ2n) is 8.24. The van der Waals surface area contributed by atoms with Crippen LogP contribution in [0.3, 0.4) is 0 Å². The van der Waals surface area contributed by atoms with E-state index >= 15 is 0 Å². The van der Waals surface area contributed by atoms with Crippen LogP contribution in [0.25, 0.3) is 0 Å². The molecule has 0 radical (unpaired) electrons. The van der Waals surface area contributed by atoms with E-state index in [-0.39, 0.29) is 18.3 Å². The molecule has 0 saturated carbocycles. The molecule has 166 valence electrons. The van der Waals surface area contributed by atoms with Crippen LogP contribution in [0, 0.1) is 0 Å². The van der Waals surface area contributed by atoms with E-state index < -0.39 is 0 Å². The van der Waals surface area contributed by atoms with Gasteiger partial charge in [-0.3, -0.25) is 4.79 Å². The van der Waals surface area contributed by atoms with E-state index in [1.165, 1.54) is 11.1 Å². The summed E-state index contributed by atoms with van der Waals surface area (Å²) in [7, 11) is 0. The number of halogens is 1. The number of amides is 1. The first kappa shape index (κ1) is 22.2. The van der Waals surface area contributed by atoms with Gasteiger partial charge in [-0.1, -0.05) is 42.5 Å². The molecule has 0 aliphatic carbocycles. The van der Waals surface area contributed by atoms with Crippen LogP contribution in [0.4, 0.5) is 11.4 Å². The van der Waals surface area contributed by atoms with Crippen molar-refractivity contribution in [1.29, 1.82) is 0 Å². The minimum Gasteiger partial charge on any atom is -0.471 e. The van der Waals surface area contributed by atoms with Crippen molar-refractivity contribution >= 4 is 29.7 Å². The Hall–Kier alpha value is -3.02. The Kier molecular flexibility index (Phi) is 6.68. The van der Waals surface area contributed by atoms with Gasteiger partial charge in [-0.05, 0) is 60.2 Å². The third-order valence-corrected chi connectivity index (χ3v) is 6.35. The number of hydrogen-bond donors (Lipinski definition) is 1. The second kappa shape index (κ2) is 9.63. The van der Waals surface area contributed by atoms with Crippen molar-refractivity contribution in [2.24, 2.45) is 5.73 Å². The molecule has 5 nitrogen and oxygen atoms in total. The highest BCUT2D eigenvalue weighted by Crippen LogP contribution is 2.38. The highest BCUT2D eigenvalue weighted by molar-refractivity contribution is 5.95. The van der Waals surface area contributed by atoms with Crippen molar-refractivity contribution in [3.8, 4) is 5.75 Å². The SMILES string of the molecule is Cl.NCc1cccc(C2CCN(C(=O)c3cccc(N4COc5ccccc54)c3)CC2)c1. The number of carbonyl (C=O) groups is 1. The molecule has 6 heteroatoms. The fraction of sp³-hybridized carbons (Fsp3) is 0.269. The molecule has 32 heavy (non-hydrogen) atoms. The summed E-state index contributed by atoms with van der Waals surface area (Å²) in [5.41, 5.74) is 11.0. The number of benzene rings is 3. The maximum atomic E-state index is 13.2. The number of fused-ring (bicyclic) bond motifs is 1. The summed E-state index contributed by atoms with van der Waals surface area (Å²) in [4.78, 5) is 17.3. The maximum absolute atomic E-state index is 13.2. The number of rotatable bonds is 4. The molecule has 2 heterocycles. The first-order valence-corrected chi connectivity index (χ1v) is 10.9. The van der Waals surface area contributed by atoms with Gasteiger partial charge >= 0.3 is 0 Å². The summed E-state index contributed by atoms with van der Waals surface area (Å²) in [6.45, 7) is 2.57. The largest absolute Gasteiger partial charge is 0.471 e. The fourth-order valence-corrected chi connectivity index (χ4v) is 4.60. The molecule has 3 aromatic rings. The zero-order valence-corrected chi connectivity index (χ0v) is 18.8. The lowest BCUT2D eigenvalue weighted by Crippen LogP contribution is -2.38. The van der Waals surface area contributed by atoms with E-state index in [2.05, 4.69) is 29.2 Å². The highest BCUT2D eigenvalue weighted by atomic mass is 35.5. The van der Waals surface area contributed by atoms with Gasteiger partial charge in [-0.25, -0.2) is 0 Å². The molecule has 0 spiro atoms. The van der Waals surface area contributed by atoms with Gasteiger partial charge in [0.1, 0.15) is 5.75 Å². The molecule has 5 rings (SSSR count). The number of carbonyl (C=O) groups excluding carboxylic acids is 1. The van der Waals surface area contributed by atoms with Crippen LogP contribution in [0.5, 0.6) is 5.75 Å². The molecule has 1 fully saturated rings. The van der Waals surface area contributed by atoms with Gasteiger partial charge in [0.2, 0.25) is 0 Å². The predicted molar refractivity (Wildman–Crippen MR) is 130 cm³/mol. The average Bonchev–Trinajstić information content (AvgIpc) is 3.28. The number of para-hydroxylation sites is 2. The zero-order valence-electron chi connectivity index (χ0n) is 17.9. The van der Waals surface area contributed by atoms with Gasteiger partial charge in [0.15, 0.2) is 6.73 Å². The lowest BCUT2D eigenvalue weighted by atomic mass is 9.88. The molecule has 1 saturated heterocycles. The number of anilines is 2. The van der Waals surface area contributed by atoms with E-state index in [4.69, 9.17) is 10.5 Å². The monoisotopic (exact) mass is 449 g/mol.